The molecule has 6 heteroatoms. The summed E-state index contributed by atoms with van der Waals surface area (Å²) in [5, 5.41) is 16.3. The minimum Gasteiger partial charge on any atom is -0.388 e. The minimum atomic E-state index is -0.846. The first-order chi connectivity index (χ1) is 9.09. The first kappa shape index (κ1) is 13.8. The lowest BCUT2D eigenvalue weighted by atomic mass is 9.95. The van der Waals surface area contributed by atoms with Crippen molar-refractivity contribution in [3.05, 3.63) is 34.2 Å². The lowest BCUT2D eigenvalue weighted by Crippen LogP contribution is -2.43. The number of H-pyrrole nitrogens is 1. The number of amides is 1. The topological polar surface area (TPSA) is 94.2 Å². The summed E-state index contributed by atoms with van der Waals surface area (Å²) in [5.41, 5.74) is -0.707. The summed E-state index contributed by atoms with van der Waals surface area (Å²) in [7, 11) is 0. The third kappa shape index (κ3) is 3.90. The summed E-state index contributed by atoms with van der Waals surface area (Å²) in [6.45, 7) is 1.88. The maximum absolute atomic E-state index is 11.9. The van der Waals surface area contributed by atoms with E-state index in [2.05, 4.69) is 15.6 Å². The Kier molecular flexibility index (Phi) is 4.34. The number of hydrogen-bond donors (Lipinski definition) is 4. The highest BCUT2D eigenvalue weighted by molar-refractivity contribution is 5.93. The fraction of sp³-hybridized carbons (Fsp3) is 0.538. The summed E-state index contributed by atoms with van der Waals surface area (Å²) in [4.78, 5) is 25.2. The van der Waals surface area contributed by atoms with Crippen LogP contribution < -0.4 is 16.2 Å². The van der Waals surface area contributed by atoms with Crippen LogP contribution in [0.5, 0.6) is 0 Å². The van der Waals surface area contributed by atoms with E-state index in [0.717, 1.165) is 19.5 Å². The zero-order valence-corrected chi connectivity index (χ0v) is 10.7. The number of pyridine rings is 1. The van der Waals surface area contributed by atoms with Gasteiger partial charge >= 0.3 is 0 Å². The van der Waals surface area contributed by atoms with Crippen LogP contribution in [-0.2, 0) is 0 Å². The monoisotopic (exact) mass is 265 g/mol. The largest absolute Gasteiger partial charge is 0.388 e. The molecule has 1 amide bonds. The molecule has 4 N–H and O–H groups in total. The van der Waals surface area contributed by atoms with Crippen molar-refractivity contribution < 1.29 is 9.90 Å². The van der Waals surface area contributed by atoms with Gasteiger partial charge in [0.2, 0.25) is 5.56 Å². The Labute approximate surface area is 111 Å². The molecule has 1 aliphatic heterocycles. The third-order valence-electron chi connectivity index (χ3n) is 3.39. The van der Waals surface area contributed by atoms with E-state index >= 15 is 0 Å². The van der Waals surface area contributed by atoms with E-state index in [1.54, 1.807) is 0 Å². The molecule has 1 fully saturated rings. The Morgan fingerprint density at radius 3 is 2.95 bits per heavy atom. The molecule has 0 bridgehead atoms. The SMILES string of the molecule is O=C(NC[C@@]1(O)CCCNCC1)c1ccc(=O)[nH]c1. The van der Waals surface area contributed by atoms with Crippen LogP contribution >= 0.6 is 0 Å². The highest BCUT2D eigenvalue weighted by Crippen LogP contribution is 2.18. The maximum Gasteiger partial charge on any atom is 0.252 e. The number of rotatable bonds is 3. The zero-order chi connectivity index (χ0) is 13.7. The number of hydrogen-bond acceptors (Lipinski definition) is 4. The Balaban J connectivity index is 1.92. The van der Waals surface area contributed by atoms with Gasteiger partial charge in [0, 0.05) is 18.8 Å². The molecule has 19 heavy (non-hydrogen) atoms. The summed E-state index contributed by atoms with van der Waals surface area (Å²) in [5.74, 6) is -0.290. The van der Waals surface area contributed by atoms with Crippen LogP contribution in [0.3, 0.4) is 0 Å². The van der Waals surface area contributed by atoms with E-state index in [9.17, 15) is 14.7 Å². The number of aromatic nitrogens is 1. The molecule has 0 unspecified atom stereocenters. The van der Waals surface area contributed by atoms with Gasteiger partial charge in [0.05, 0.1) is 11.2 Å². The fourth-order valence-corrected chi connectivity index (χ4v) is 2.19. The summed E-state index contributed by atoms with van der Waals surface area (Å²) in [6.07, 6.45) is 3.56. The smallest absolute Gasteiger partial charge is 0.252 e. The molecule has 1 aromatic heterocycles. The van der Waals surface area contributed by atoms with E-state index in [-0.39, 0.29) is 18.0 Å². The molecule has 2 heterocycles. The van der Waals surface area contributed by atoms with E-state index in [1.807, 2.05) is 0 Å². The van der Waals surface area contributed by atoms with Gasteiger partial charge in [0.15, 0.2) is 0 Å². The van der Waals surface area contributed by atoms with Gasteiger partial charge in [-0.1, -0.05) is 0 Å². The van der Waals surface area contributed by atoms with Gasteiger partial charge in [-0.05, 0) is 38.4 Å². The van der Waals surface area contributed by atoms with E-state index in [4.69, 9.17) is 0 Å². The quantitative estimate of drug-likeness (QED) is 0.598. The van der Waals surface area contributed by atoms with E-state index in [0.29, 0.717) is 18.4 Å². The average molecular weight is 265 g/mol. The third-order valence-corrected chi connectivity index (χ3v) is 3.39. The molecule has 1 saturated heterocycles. The van der Waals surface area contributed by atoms with Gasteiger partial charge < -0.3 is 20.7 Å². The molecule has 0 spiro atoms. The summed E-state index contributed by atoms with van der Waals surface area (Å²) >= 11 is 0. The predicted molar refractivity (Wildman–Crippen MR) is 71.1 cm³/mol. The van der Waals surface area contributed by atoms with Crippen molar-refractivity contribution in [2.24, 2.45) is 0 Å². The molecule has 0 saturated carbocycles. The summed E-state index contributed by atoms with van der Waals surface area (Å²) in [6, 6.07) is 2.77. The van der Waals surface area contributed by atoms with Crippen molar-refractivity contribution in [1.82, 2.24) is 15.6 Å². The lowest BCUT2D eigenvalue weighted by Gasteiger charge is -2.26. The normalized spacial score (nSPS) is 23.6. The van der Waals surface area contributed by atoms with Gasteiger partial charge in [-0.15, -0.1) is 0 Å². The van der Waals surface area contributed by atoms with Gasteiger partial charge in [0.25, 0.3) is 5.91 Å². The molecule has 0 aliphatic carbocycles. The molecular formula is C13H19N3O3. The average Bonchev–Trinajstić information content (AvgIpc) is 2.62. The van der Waals surface area contributed by atoms with Crippen LogP contribution in [0, 0.1) is 0 Å². The molecule has 6 nitrogen and oxygen atoms in total. The van der Waals surface area contributed by atoms with Crippen LogP contribution in [0.2, 0.25) is 0 Å². The molecule has 1 aromatic rings. The molecule has 1 aliphatic rings. The first-order valence-electron chi connectivity index (χ1n) is 6.49. The fourth-order valence-electron chi connectivity index (χ4n) is 2.19. The Hall–Kier alpha value is -1.66. The van der Waals surface area contributed by atoms with Crippen LogP contribution in [0.25, 0.3) is 0 Å². The summed E-state index contributed by atoms with van der Waals surface area (Å²) < 4.78 is 0. The lowest BCUT2D eigenvalue weighted by molar-refractivity contribution is 0.0276. The second-order valence-corrected chi connectivity index (χ2v) is 4.95. The Morgan fingerprint density at radius 1 is 1.37 bits per heavy atom. The van der Waals surface area contributed by atoms with E-state index in [1.165, 1.54) is 18.3 Å². The van der Waals surface area contributed by atoms with Gasteiger partial charge in [-0.25, -0.2) is 0 Å². The number of aliphatic hydroxyl groups is 1. The Morgan fingerprint density at radius 2 is 2.21 bits per heavy atom. The Bertz CT molecular complexity index is 470. The molecular weight excluding hydrogens is 246 g/mol. The highest BCUT2D eigenvalue weighted by Gasteiger charge is 2.28. The molecule has 2 rings (SSSR count). The molecule has 104 valence electrons. The van der Waals surface area contributed by atoms with Crippen molar-refractivity contribution in [3.63, 3.8) is 0 Å². The van der Waals surface area contributed by atoms with Crippen molar-refractivity contribution in [2.45, 2.75) is 24.9 Å². The van der Waals surface area contributed by atoms with Gasteiger partial charge in [-0.3, -0.25) is 9.59 Å². The molecule has 0 aromatic carbocycles. The number of carbonyl (C=O) groups excluding carboxylic acids is 1. The maximum atomic E-state index is 11.9. The van der Waals surface area contributed by atoms with Crippen molar-refractivity contribution in [3.8, 4) is 0 Å². The van der Waals surface area contributed by atoms with Gasteiger partial charge in [-0.2, -0.15) is 0 Å². The number of carbonyl (C=O) groups is 1. The second kappa shape index (κ2) is 5.99. The van der Waals surface area contributed by atoms with Crippen molar-refractivity contribution >= 4 is 5.91 Å². The molecule has 0 radical (unpaired) electrons. The van der Waals surface area contributed by atoms with Crippen LogP contribution in [0.1, 0.15) is 29.6 Å². The first-order valence-corrected chi connectivity index (χ1v) is 6.49. The standard InChI is InChI=1S/C13H19N3O3/c17-11-3-2-10(8-15-11)12(18)16-9-13(19)4-1-6-14-7-5-13/h2-3,8,14,19H,1,4-7,9H2,(H,15,17)(H,16,18)/t13-/m1/s1. The van der Waals surface area contributed by atoms with Crippen LogP contribution in [0.15, 0.2) is 23.1 Å². The van der Waals surface area contributed by atoms with Crippen molar-refractivity contribution in [2.75, 3.05) is 19.6 Å². The second-order valence-electron chi connectivity index (χ2n) is 4.95. The van der Waals surface area contributed by atoms with Crippen LogP contribution in [0.4, 0.5) is 0 Å². The van der Waals surface area contributed by atoms with E-state index < -0.39 is 5.60 Å². The minimum absolute atomic E-state index is 0.229. The predicted octanol–water partition coefficient (Wildman–Crippen LogP) is -0.391. The molecule has 1 atom stereocenters. The highest BCUT2D eigenvalue weighted by atomic mass is 16.3. The van der Waals surface area contributed by atoms with Crippen molar-refractivity contribution in [1.29, 1.82) is 0 Å². The van der Waals surface area contributed by atoms with Crippen LogP contribution in [-0.4, -0.2) is 41.2 Å². The van der Waals surface area contributed by atoms with Gasteiger partial charge in [0.1, 0.15) is 0 Å². The zero-order valence-electron chi connectivity index (χ0n) is 10.7. The number of aromatic amines is 1. The number of nitrogens with one attached hydrogen (secondary N) is 3.